The summed E-state index contributed by atoms with van der Waals surface area (Å²) < 4.78 is 0. The number of rotatable bonds is 7. The van der Waals surface area contributed by atoms with Crippen LogP contribution in [0.1, 0.15) is 19.3 Å². The molecule has 0 aliphatic rings. The first-order valence-corrected chi connectivity index (χ1v) is 3.93. The van der Waals surface area contributed by atoms with Gasteiger partial charge in [-0.3, -0.25) is 0 Å². The highest BCUT2D eigenvalue weighted by Gasteiger charge is 1.86. The van der Waals surface area contributed by atoms with Crippen LogP contribution in [-0.2, 0) is 0 Å². The number of unbranched alkanes of at least 4 members (excludes halogenated alkanes) is 2. The van der Waals surface area contributed by atoms with Gasteiger partial charge in [0.1, 0.15) is 0 Å². The Bertz CT molecular complexity index is 51.6. The predicted molar refractivity (Wildman–Crippen MR) is 42.9 cm³/mol. The van der Waals surface area contributed by atoms with Gasteiger partial charge in [-0.25, -0.2) is 0 Å². The maximum atomic E-state index is 8.39. The Morgan fingerprint density at radius 3 is 2.50 bits per heavy atom. The van der Waals surface area contributed by atoms with Crippen LogP contribution in [0.4, 0.5) is 0 Å². The number of hydrogen-bond acceptors (Lipinski definition) is 3. The van der Waals surface area contributed by atoms with Crippen molar-refractivity contribution in [3.05, 3.63) is 0 Å². The maximum Gasteiger partial charge on any atom is 0.0555 e. The zero-order valence-electron chi connectivity index (χ0n) is 6.47. The van der Waals surface area contributed by atoms with Gasteiger partial charge in [0.2, 0.25) is 0 Å². The lowest BCUT2D eigenvalue weighted by atomic mass is 10.2. The van der Waals surface area contributed by atoms with E-state index in [1.54, 1.807) is 0 Å². The molecule has 4 N–H and O–H groups in total. The van der Waals surface area contributed by atoms with Crippen LogP contribution < -0.4 is 11.1 Å². The van der Waals surface area contributed by atoms with Crippen LogP contribution in [0.3, 0.4) is 0 Å². The van der Waals surface area contributed by atoms with Crippen molar-refractivity contribution in [2.75, 3.05) is 26.2 Å². The minimum Gasteiger partial charge on any atom is -0.395 e. The molecule has 0 rings (SSSR count). The fraction of sp³-hybridized carbons (Fsp3) is 1.00. The van der Waals surface area contributed by atoms with E-state index in [0.29, 0.717) is 6.54 Å². The standard InChI is InChI=1S/C7H18N2O/c8-4-2-1-3-5-9-6-7-10/h9-10H,1-8H2. The predicted octanol–water partition coefficient (Wildman–Crippen LogP) is -0.303. The number of nitrogens with two attached hydrogens (primary N) is 1. The van der Waals surface area contributed by atoms with Gasteiger partial charge >= 0.3 is 0 Å². The lowest BCUT2D eigenvalue weighted by Gasteiger charge is -2.00. The largest absolute Gasteiger partial charge is 0.395 e. The molecule has 0 spiro atoms. The molecule has 0 aromatic carbocycles. The van der Waals surface area contributed by atoms with E-state index in [9.17, 15) is 0 Å². The third kappa shape index (κ3) is 7.88. The summed E-state index contributed by atoms with van der Waals surface area (Å²) in [6.07, 6.45) is 3.47. The van der Waals surface area contributed by atoms with Crippen molar-refractivity contribution >= 4 is 0 Å². The van der Waals surface area contributed by atoms with E-state index in [2.05, 4.69) is 5.32 Å². The molecule has 0 saturated carbocycles. The topological polar surface area (TPSA) is 58.3 Å². The molecule has 62 valence electrons. The lowest BCUT2D eigenvalue weighted by Crippen LogP contribution is -2.19. The van der Waals surface area contributed by atoms with E-state index >= 15 is 0 Å². The van der Waals surface area contributed by atoms with E-state index in [1.807, 2.05) is 0 Å². The van der Waals surface area contributed by atoms with Crippen molar-refractivity contribution in [3.8, 4) is 0 Å². The molecule has 0 aliphatic heterocycles. The van der Waals surface area contributed by atoms with E-state index in [1.165, 1.54) is 6.42 Å². The summed E-state index contributed by atoms with van der Waals surface area (Å²) in [7, 11) is 0. The monoisotopic (exact) mass is 146 g/mol. The summed E-state index contributed by atoms with van der Waals surface area (Å²) in [6.45, 7) is 2.74. The van der Waals surface area contributed by atoms with Crippen molar-refractivity contribution in [2.24, 2.45) is 5.73 Å². The molecule has 3 heteroatoms. The average Bonchev–Trinajstić information content (AvgIpc) is 1.97. The van der Waals surface area contributed by atoms with Crippen molar-refractivity contribution in [1.29, 1.82) is 0 Å². The first kappa shape index (κ1) is 9.88. The summed E-state index contributed by atoms with van der Waals surface area (Å²) >= 11 is 0. The summed E-state index contributed by atoms with van der Waals surface area (Å²) in [5.41, 5.74) is 5.31. The van der Waals surface area contributed by atoms with Gasteiger partial charge in [-0.1, -0.05) is 6.42 Å². The zero-order valence-corrected chi connectivity index (χ0v) is 6.47. The fourth-order valence-corrected chi connectivity index (χ4v) is 0.775. The number of nitrogens with one attached hydrogen (secondary N) is 1. The summed E-state index contributed by atoms with van der Waals surface area (Å²) in [5.74, 6) is 0. The van der Waals surface area contributed by atoms with Crippen LogP contribution in [0.25, 0.3) is 0 Å². The van der Waals surface area contributed by atoms with Gasteiger partial charge in [0.25, 0.3) is 0 Å². The van der Waals surface area contributed by atoms with E-state index in [-0.39, 0.29) is 6.61 Å². The molecule has 0 saturated heterocycles. The molecule has 0 aromatic rings. The first-order chi connectivity index (χ1) is 4.91. The van der Waals surface area contributed by atoms with Crippen LogP contribution >= 0.6 is 0 Å². The van der Waals surface area contributed by atoms with Gasteiger partial charge in [-0.15, -0.1) is 0 Å². The van der Waals surface area contributed by atoms with Crippen LogP contribution in [0.15, 0.2) is 0 Å². The highest BCUT2D eigenvalue weighted by molar-refractivity contribution is 4.47. The zero-order chi connectivity index (χ0) is 7.66. The molecule has 0 amide bonds. The van der Waals surface area contributed by atoms with Crippen molar-refractivity contribution in [1.82, 2.24) is 5.32 Å². The van der Waals surface area contributed by atoms with E-state index in [4.69, 9.17) is 10.8 Å². The Morgan fingerprint density at radius 2 is 1.90 bits per heavy atom. The summed E-state index contributed by atoms with van der Waals surface area (Å²) in [6, 6.07) is 0. The fourth-order valence-electron chi connectivity index (χ4n) is 0.775. The number of hydrogen-bond donors (Lipinski definition) is 3. The Morgan fingerprint density at radius 1 is 1.10 bits per heavy atom. The molecule has 0 radical (unpaired) electrons. The van der Waals surface area contributed by atoms with E-state index in [0.717, 1.165) is 25.9 Å². The Labute approximate surface area is 62.6 Å². The van der Waals surface area contributed by atoms with Gasteiger partial charge in [-0.05, 0) is 25.9 Å². The molecule has 0 bridgehead atoms. The number of aliphatic hydroxyl groups excluding tert-OH is 1. The van der Waals surface area contributed by atoms with Crippen LogP contribution in [0, 0.1) is 0 Å². The van der Waals surface area contributed by atoms with Gasteiger partial charge in [-0.2, -0.15) is 0 Å². The number of aliphatic hydroxyl groups is 1. The van der Waals surface area contributed by atoms with Crippen LogP contribution in [0.5, 0.6) is 0 Å². The minimum atomic E-state index is 0.233. The molecule has 0 fully saturated rings. The summed E-state index contributed by atoms with van der Waals surface area (Å²) in [4.78, 5) is 0. The quantitative estimate of drug-likeness (QED) is 0.432. The normalized spacial score (nSPS) is 10.2. The Kier molecular flexibility index (Phi) is 8.77. The van der Waals surface area contributed by atoms with Crippen molar-refractivity contribution in [2.45, 2.75) is 19.3 Å². The summed E-state index contributed by atoms with van der Waals surface area (Å²) in [5, 5.41) is 11.5. The smallest absolute Gasteiger partial charge is 0.0555 e. The van der Waals surface area contributed by atoms with Crippen molar-refractivity contribution < 1.29 is 5.11 Å². The second-order valence-corrected chi connectivity index (χ2v) is 2.32. The second-order valence-electron chi connectivity index (χ2n) is 2.32. The van der Waals surface area contributed by atoms with Gasteiger partial charge < -0.3 is 16.2 Å². The molecule has 0 heterocycles. The average molecular weight is 146 g/mol. The van der Waals surface area contributed by atoms with E-state index < -0.39 is 0 Å². The molecule has 0 unspecified atom stereocenters. The Hall–Kier alpha value is -0.120. The molecule has 0 aliphatic carbocycles. The molecule has 0 atom stereocenters. The van der Waals surface area contributed by atoms with Gasteiger partial charge in [0.15, 0.2) is 0 Å². The molecule has 0 aromatic heterocycles. The van der Waals surface area contributed by atoms with Crippen LogP contribution in [0.2, 0.25) is 0 Å². The maximum absolute atomic E-state index is 8.39. The first-order valence-electron chi connectivity index (χ1n) is 3.93. The molecule has 10 heavy (non-hydrogen) atoms. The second kappa shape index (κ2) is 8.88. The molecular weight excluding hydrogens is 128 g/mol. The SMILES string of the molecule is NCCCCCNCCO. The highest BCUT2D eigenvalue weighted by Crippen LogP contribution is 1.90. The lowest BCUT2D eigenvalue weighted by molar-refractivity contribution is 0.292. The highest BCUT2D eigenvalue weighted by atomic mass is 16.3. The van der Waals surface area contributed by atoms with Gasteiger partial charge in [0, 0.05) is 6.54 Å². The Balaban J connectivity index is 2.65. The third-order valence-electron chi connectivity index (χ3n) is 1.35. The van der Waals surface area contributed by atoms with Crippen molar-refractivity contribution in [3.63, 3.8) is 0 Å². The third-order valence-corrected chi connectivity index (χ3v) is 1.35. The molecular formula is C7H18N2O. The van der Waals surface area contributed by atoms with Crippen LogP contribution in [-0.4, -0.2) is 31.3 Å². The van der Waals surface area contributed by atoms with Gasteiger partial charge in [0.05, 0.1) is 6.61 Å². The minimum absolute atomic E-state index is 0.233. The molecule has 3 nitrogen and oxygen atoms in total.